The number of hydrogen-bond donors (Lipinski definition) is 0. The van der Waals surface area contributed by atoms with E-state index in [4.69, 9.17) is 16.6 Å². The number of halogens is 2. The summed E-state index contributed by atoms with van der Waals surface area (Å²) < 4.78 is 2.46. The van der Waals surface area contributed by atoms with Crippen LogP contribution in [0.3, 0.4) is 0 Å². The summed E-state index contributed by atoms with van der Waals surface area (Å²) in [6.45, 7) is 7.18. The van der Waals surface area contributed by atoms with Crippen LogP contribution in [-0.4, -0.2) is 16.1 Å². The Morgan fingerprint density at radius 2 is 1.84 bits per heavy atom. The molecule has 2 aromatic heterocycles. The summed E-state index contributed by atoms with van der Waals surface area (Å²) in [5.41, 5.74) is 8.05. The van der Waals surface area contributed by atoms with Gasteiger partial charge in [0.25, 0.3) is 0 Å². The van der Waals surface area contributed by atoms with Crippen molar-refractivity contribution >= 4 is 40.7 Å². The molecule has 0 atom stereocenters. The molecule has 0 aliphatic carbocycles. The first kappa shape index (κ1) is 21.7. The molecule has 5 heteroatoms. The molecule has 3 heterocycles. The van der Waals surface area contributed by atoms with Crippen LogP contribution in [0.2, 0.25) is 5.02 Å². The Hall–Kier alpha value is -2.49. The molecular weight excluding hydrogens is 425 g/mol. The van der Waals surface area contributed by atoms with E-state index in [-0.39, 0.29) is 12.4 Å². The predicted molar refractivity (Wildman–Crippen MR) is 133 cm³/mol. The number of aryl methyl sites for hydroxylation is 1. The third-order valence-electron chi connectivity index (χ3n) is 6.33. The van der Waals surface area contributed by atoms with Crippen LogP contribution < -0.4 is 4.90 Å². The highest BCUT2D eigenvalue weighted by Gasteiger charge is 2.23. The molecule has 0 fully saturated rings. The zero-order valence-electron chi connectivity index (χ0n) is 17.9. The minimum atomic E-state index is 0. The van der Waals surface area contributed by atoms with Gasteiger partial charge in [0.1, 0.15) is 0 Å². The molecule has 2 aromatic carbocycles. The highest BCUT2D eigenvalue weighted by Crippen LogP contribution is 2.35. The Morgan fingerprint density at radius 3 is 2.61 bits per heavy atom. The van der Waals surface area contributed by atoms with Gasteiger partial charge in [0.2, 0.25) is 0 Å². The standard InChI is InChI=1S/C26H26ClN3.ClH/c1-3-24-18(2)23-11-13-28-26(29-14-12-20-8-4-5-9-21(20)17-29)25(23)30(24)16-19-7-6-10-22(27)15-19;/h4-11,13,15H,3,12,14,16-17H2,1-2H3;1H. The van der Waals surface area contributed by atoms with E-state index >= 15 is 0 Å². The van der Waals surface area contributed by atoms with Gasteiger partial charge in [-0.25, -0.2) is 4.98 Å². The molecule has 0 bridgehead atoms. The first-order chi connectivity index (χ1) is 14.7. The van der Waals surface area contributed by atoms with Gasteiger partial charge in [-0.15, -0.1) is 12.4 Å². The number of aromatic nitrogens is 2. The Morgan fingerprint density at radius 1 is 1.03 bits per heavy atom. The molecule has 1 aliphatic rings. The molecule has 160 valence electrons. The molecule has 0 saturated carbocycles. The van der Waals surface area contributed by atoms with E-state index in [1.54, 1.807) is 0 Å². The number of anilines is 1. The number of pyridine rings is 1. The first-order valence-corrected chi connectivity index (χ1v) is 11.1. The van der Waals surface area contributed by atoms with Crippen molar-refractivity contribution in [2.75, 3.05) is 11.4 Å². The Bertz CT molecular complexity index is 1230. The van der Waals surface area contributed by atoms with Crippen molar-refractivity contribution in [3.63, 3.8) is 0 Å². The van der Waals surface area contributed by atoms with Gasteiger partial charge in [0.05, 0.1) is 5.52 Å². The smallest absolute Gasteiger partial charge is 0.153 e. The molecule has 4 aromatic rings. The van der Waals surface area contributed by atoms with Crippen LogP contribution in [-0.2, 0) is 25.9 Å². The van der Waals surface area contributed by atoms with Crippen LogP contribution in [0.25, 0.3) is 10.9 Å². The fourth-order valence-electron chi connectivity index (χ4n) is 4.86. The number of hydrogen-bond acceptors (Lipinski definition) is 2. The molecule has 1 aliphatic heterocycles. The molecule has 0 saturated heterocycles. The van der Waals surface area contributed by atoms with Gasteiger partial charge in [-0.3, -0.25) is 0 Å². The van der Waals surface area contributed by atoms with Gasteiger partial charge in [-0.1, -0.05) is 54.9 Å². The van der Waals surface area contributed by atoms with Crippen molar-refractivity contribution in [1.29, 1.82) is 0 Å². The van der Waals surface area contributed by atoms with Crippen molar-refractivity contribution in [2.24, 2.45) is 0 Å². The predicted octanol–water partition coefficient (Wildman–Crippen LogP) is 6.59. The fourth-order valence-corrected chi connectivity index (χ4v) is 5.07. The van der Waals surface area contributed by atoms with Crippen molar-refractivity contribution < 1.29 is 0 Å². The van der Waals surface area contributed by atoms with E-state index in [1.807, 2.05) is 18.3 Å². The van der Waals surface area contributed by atoms with E-state index in [0.717, 1.165) is 43.3 Å². The van der Waals surface area contributed by atoms with Crippen LogP contribution in [0, 0.1) is 6.92 Å². The highest BCUT2D eigenvalue weighted by molar-refractivity contribution is 6.30. The van der Waals surface area contributed by atoms with Crippen molar-refractivity contribution in [3.05, 3.63) is 93.8 Å². The Labute approximate surface area is 195 Å². The quantitative estimate of drug-likeness (QED) is 0.348. The number of nitrogens with zero attached hydrogens (tertiary/aromatic N) is 3. The zero-order valence-corrected chi connectivity index (χ0v) is 19.5. The van der Waals surface area contributed by atoms with Gasteiger partial charge in [0.15, 0.2) is 5.82 Å². The molecule has 0 amide bonds. The molecule has 0 N–H and O–H groups in total. The van der Waals surface area contributed by atoms with Crippen molar-refractivity contribution in [2.45, 2.75) is 39.8 Å². The largest absolute Gasteiger partial charge is 0.350 e. The Balaban J connectivity index is 0.00000231. The van der Waals surface area contributed by atoms with E-state index in [0.29, 0.717) is 0 Å². The summed E-state index contributed by atoms with van der Waals surface area (Å²) >= 11 is 6.28. The fraction of sp³-hybridized carbons (Fsp3) is 0.269. The number of fused-ring (bicyclic) bond motifs is 2. The van der Waals surface area contributed by atoms with Crippen molar-refractivity contribution in [1.82, 2.24) is 9.55 Å². The highest BCUT2D eigenvalue weighted by atomic mass is 35.5. The summed E-state index contributed by atoms with van der Waals surface area (Å²) in [6.07, 6.45) is 4.01. The van der Waals surface area contributed by atoms with Crippen LogP contribution in [0.15, 0.2) is 60.8 Å². The minimum Gasteiger partial charge on any atom is -0.350 e. The molecular formula is C26H27Cl2N3. The van der Waals surface area contributed by atoms with Gasteiger partial charge in [0, 0.05) is 41.9 Å². The normalized spacial score (nSPS) is 13.2. The van der Waals surface area contributed by atoms with Gasteiger partial charge in [-0.05, 0) is 60.2 Å². The molecule has 3 nitrogen and oxygen atoms in total. The minimum absolute atomic E-state index is 0. The van der Waals surface area contributed by atoms with Crippen LogP contribution in [0.1, 0.15) is 34.9 Å². The third-order valence-corrected chi connectivity index (χ3v) is 6.57. The average Bonchev–Trinajstić information content (AvgIpc) is 3.04. The van der Waals surface area contributed by atoms with E-state index < -0.39 is 0 Å². The molecule has 31 heavy (non-hydrogen) atoms. The molecule has 0 spiro atoms. The second kappa shape index (κ2) is 8.94. The zero-order chi connectivity index (χ0) is 20.7. The van der Waals surface area contributed by atoms with Crippen LogP contribution in [0.5, 0.6) is 0 Å². The molecule has 0 unspecified atom stereocenters. The van der Waals surface area contributed by atoms with E-state index in [9.17, 15) is 0 Å². The summed E-state index contributed by atoms with van der Waals surface area (Å²) in [5, 5.41) is 2.09. The monoisotopic (exact) mass is 451 g/mol. The first-order valence-electron chi connectivity index (χ1n) is 10.7. The number of benzene rings is 2. The lowest BCUT2D eigenvalue weighted by molar-refractivity contribution is 0.715. The Kier molecular flexibility index (Phi) is 6.27. The lowest BCUT2D eigenvalue weighted by atomic mass is 10.00. The molecule has 5 rings (SSSR count). The van der Waals surface area contributed by atoms with E-state index in [2.05, 4.69) is 65.8 Å². The topological polar surface area (TPSA) is 21.1 Å². The van der Waals surface area contributed by atoms with Gasteiger partial charge >= 0.3 is 0 Å². The maximum Gasteiger partial charge on any atom is 0.153 e. The summed E-state index contributed by atoms with van der Waals surface area (Å²) in [7, 11) is 0. The van der Waals surface area contributed by atoms with E-state index in [1.165, 1.54) is 38.9 Å². The van der Waals surface area contributed by atoms with Crippen LogP contribution in [0.4, 0.5) is 5.82 Å². The average molecular weight is 452 g/mol. The number of rotatable bonds is 4. The molecule has 0 radical (unpaired) electrons. The maximum absolute atomic E-state index is 6.28. The summed E-state index contributed by atoms with van der Waals surface area (Å²) in [4.78, 5) is 7.33. The lowest BCUT2D eigenvalue weighted by Crippen LogP contribution is -2.31. The van der Waals surface area contributed by atoms with Gasteiger partial charge in [-0.2, -0.15) is 0 Å². The summed E-state index contributed by atoms with van der Waals surface area (Å²) in [6, 6.07) is 19.1. The maximum atomic E-state index is 6.28. The van der Waals surface area contributed by atoms with Crippen LogP contribution >= 0.6 is 24.0 Å². The third kappa shape index (κ3) is 3.93. The lowest BCUT2D eigenvalue weighted by Gasteiger charge is -2.30. The second-order valence-electron chi connectivity index (χ2n) is 8.11. The second-order valence-corrected chi connectivity index (χ2v) is 8.55. The van der Waals surface area contributed by atoms with Crippen molar-refractivity contribution in [3.8, 4) is 0 Å². The summed E-state index contributed by atoms with van der Waals surface area (Å²) in [5.74, 6) is 1.09. The van der Waals surface area contributed by atoms with Gasteiger partial charge < -0.3 is 9.47 Å². The SMILES string of the molecule is CCc1c(C)c2ccnc(N3CCc4ccccc4C3)c2n1Cc1cccc(Cl)c1.Cl.